The first-order valence-electron chi connectivity index (χ1n) is 5.03. The van der Waals surface area contributed by atoms with Gasteiger partial charge in [0.25, 0.3) is 0 Å². The Bertz CT molecular complexity index is 401. The molecule has 0 aliphatic carbocycles. The van der Waals surface area contributed by atoms with Crippen molar-refractivity contribution in [2.24, 2.45) is 5.73 Å². The third-order valence-electron chi connectivity index (χ3n) is 2.58. The predicted molar refractivity (Wildman–Crippen MR) is 61.8 cm³/mol. The number of hydrogen-bond acceptors (Lipinski definition) is 2. The Morgan fingerprint density at radius 1 is 1.47 bits per heavy atom. The largest absolute Gasteiger partial charge is 0.496 e. The summed E-state index contributed by atoms with van der Waals surface area (Å²) < 4.78 is 5.44. The number of benzene rings is 1. The first-order chi connectivity index (χ1) is 7.18. The van der Waals surface area contributed by atoms with Crippen molar-refractivity contribution in [1.29, 1.82) is 0 Å². The molecule has 0 fully saturated rings. The average molecular weight is 224 g/mol. The number of ether oxygens (including phenoxy) is 1. The maximum absolute atomic E-state index is 6.08. The molecule has 2 nitrogen and oxygen atoms in total. The molecule has 1 aromatic carbocycles. The van der Waals surface area contributed by atoms with E-state index in [1.165, 1.54) is 0 Å². The van der Waals surface area contributed by atoms with Crippen molar-refractivity contribution in [3.05, 3.63) is 46.2 Å². The zero-order valence-electron chi connectivity index (χ0n) is 8.66. The number of hydrogen-bond donors (Lipinski definition) is 1. The SMILES string of the molecule is Cc1cc(C(N)C2=CCCO2)ccc1Cl. The van der Waals surface area contributed by atoms with Gasteiger partial charge in [0.2, 0.25) is 0 Å². The molecule has 2 N–H and O–H groups in total. The highest BCUT2D eigenvalue weighted by Crippen LogP contribution is 2.26. The van der Waals surface area contributed by atoms with Gasteiger partial charge in [-0.3, -0.25) is 0 Å². The van der Waals surface area contributed by atoms with E-state index in [1.54, 1.807) is 0 Å². The molecule has 80 valence electrons. The van der Waals surface area contributed by atoms with Crippen LogP contribution >= 0.6 is 11.6 Å². The molecular weight excluding hydrogens is 210 g/mol. The lowest BCUT2D eigenvalue weighted by Crippen LogP contribution is -2.13. The van der Waals surface area contributed by atoms with E-state index in [9.17, 15) is 0 Å². The molecule has 1 atom stereocenters. The lowest BCUT2D eigenvalue weighted by atomic mass is 10.0. The van der Waals surface area contributed by atoms with Gasteiger partial charge in [-0.2, -0.15) is 0 Å². The highest BCUT2D eigenvalue weighted by Gasteiger charge is 2.16. The minimum Gasteiger partial charge on any atom is -0.496 e. The Hall–Kier alpha value is -0.990. The molecule has 0 bridgehead atoms. The molecule has 1 heterocycles. The minimum atomic E-state index is -0.163. The summed E-state index contributed by atoms with van der Waals surface area (Å²) in [5, 5.41) is 0.771. The smallest absolute Gasteiger partial charge is 0.113 e. The van der Waals surface area contributed by atoms with Crippen LogP contribution in [0.5, 0.6) is 0 Å². The summed E-state index contributed by atoms with van der Waals surface area (Å²) in [6.07, 6.45) is 3.00. The van der Waals surface area contributed by atoms with E-state index in [1.807, 2.05) is 25.1 Å². The molecule has 0 radical (unpaired) electrons. The van der Waals surface area contributed by atoms with E-state index in [2.05, 4.69) is 6.08 Å². The van der Waals surface area contributed by atoms with Gasteiger partial charge in [0.1, 0.15) is 5.76 Å². The van der Waals surface area contributed by atoms with Gasteiger partial charge in [-0.1, -0.05) is 23.7 Å². The van der Waals surface area contributed by atoms with Gasteiger partial charge < -0.3 is 10.5 Å². The van der Waals surface area contributed by atoms with E-state index in [4.69, 9.17) is 22.1 Å². The summed E-state index contributed by atoms with van der Waals surface area (Å²) in [4.78, 5) is 0. The monoisotopic (exact) mass is 223 g/mol. The minimum absolute atomic E-state index is 0.163. The molecule has 3 heteroatoms. The second-order valence-corrected chi connectivity index (χ2v) is 4.14. The molecule has 1 aliphatic heterocycles. The third kappa shape index (κ3) is 2.16. The first-order valence-corrected chi connectivity index (χ1v) is 5.41. The van der Waals surface area contributed by atoms with Gasteiger partial charge in [0.15, 0.2) is 0 Å². The Kier molecular flexibility index (Phi) is 2.98. The normalized spacial score (nSPS) is 17.1. The number of nitrogens with two attached hydrogens (primary N) is 1. The topological polar surface area (TPSA) is 35.2 Å². The molecule has 1 unspecified atom stereocenters. The fourth-order valence-corrected chi connectivity index (χ4v) is 1.80. The van der Waals surface area contributed by atoms with Gasteiger partial charge in [-0.15, -0.1) is 0 Å². The highest BCUT2D eigenvalue weighted by molar-refractivity contribution is 6.31. The van der Waals surface area contributed by atoms with Gasteiger partial charge >= 0.3 is 0 Å². The standard InChI is InChI=1S/C12H14ClNO/c1-8-7-9(4-5-10(8)13)12(14)11-3-2-6-15-11/h3-5,7,12H,2,6,14H2,1H3. The van der Waals surface area contributed by atoms with E-state index in [0.717, 1.165) is 34.9 Å². The van der Waals surface area contributed by atoms with Crippen LogP contribution in [0.1, 0.15) is 23.6 Å². The number of halogens is 1. The molecule has 0 amide bonds. The van der Waals surface area contributed by atoms with Gasteiger partial charge in [0, 0.05) is 11.4 Å². The van der Waals surface area contributed by atoms with Crippen LogP contribution in [-0.4, -0.2) is 6.61 Å². The van der Waals surface area contributed by atoms with Crippen LogP contribution in [0.15, 0.2) is 30.0 Å². The molecular formula is C12H14ClNO. The van der Waals surface area contributed by atoms with E-state index in [0.29, 0.717) is 0 Å². The average Bonchev–Trinajstić information content (AvgIpc) is 2.74. The molecule has 0 aromatic heterocycles. The molecule has 1 aliphatic rings. The lowest BCUT2D eigenvalue weighted by Gasteiger charge is -2.14. The zero-order valence-corrected chi connectivity index (χ0v) is 9.42. The van der Waals surface area contributed by atoms with E-state index < -0.39 is 0 Å². The fourth-order valence-electron chi connectivity index (χ4n) is 1.68. The Labute approximate surface area is 94.7 Å². The van der Waals surface area contributed by atoms with Crippen molar-refractivity contribution >= 4 is 11.6 Å². The van der Waals surface area contributed by atoms with E-state index >= 15 is 0 Å². The van der Waals surface area contributed by atoms with Crippen LogP contribution in [0.4, 0.5) is 0 Å². The molecule has 1 aromatic rings. The molecule has 0 spiro atoms. The maximum atomic E-state index is 6.08. The van der Waals surface area contributed by atoms with Gasteiger partial charge in [-0.25, -0.2) is 0 Å². The third-order valence-corrected chi connectivity index (χ3v) is 3.00. The summed E-state index contributed by atoms with van der Waals surface area (Å²) in [7, 11) is 0. The van der Waals surface area contributed by atoms with Crippen molar-refractivity contribution in [3.8, 4) is 0 Å². The molecule has 0 saturated carbocycles. The van der Waals surface area contributed by atoms with Crippen LogP contribution in [-0.2, 0) is 4.74 Å². The first kappa shape index (κ1) is 10.5. The summed E-state index contributed by atoms with van der Waals surface area (Å²) >= 11 is 5.96. The highest BCUT2D eigenvalue weighted by atomic mass is 35.5. The Morgan fingerprint density at radius 3 is 2.87 bits per heavy atom. The lowest BCUT2D eigenvalue weighted by molar-refractivity contribution is 0.225. The summed E-state index contributed by atoms with van der Waals surface area (Å²) in [6.45, 7) is 2.72. The van der Waals surface area contributed by atoms with Gasteiger partial charge in [0.05, 0.1) is 12.6 Å². The van der Waals surface area contributed by atoms with Crippen LogP contribution in [0.25, 0.3) is 0 Å². The van der Waals surface area contributed by atoms with Crippen LogP contribution in [0, 0.1) is 6.92 Å². The Morgan fingerprint density at radius 2 is 2.27 bits per heavy atom. The second kappa shape index (κ2) is 4.25. The maximum Gasteiger partial charge on any atom is 0.113 e. The zero-order chi connectivity index (χ0) is 10.8. The summed E-state index contributed by atoms with van der Waals surface area (Å²) in [5.41, 5.74) is 8.17. The van der Waals surface area contributed by atoms with Crippen molar-refractivity contribution in [3.63, 3.8) is 0 Å². The number of rotatable bonds is 2. The number of aryl methyl sites for hydroxylation is 1. The fraction of sp³-hybridized carbons (Fsp3) is 0.333. The molecule has 0 saturated heterocycles. The van der Waals surface area contributed by atoms with Crippen molar-refractivity contribution < 1.29 is 4.74 Å². The summed E-state index contributed by atoms with van der Waals surface area (Å²) in [6, 6.07) is 5.67. The molecule has 2 rings (SSSR count). The molecule has 15 heavy (non-hydrogen) atoms. The van der Waals surface area contributed by atoms with Crippen molar-refractivity contribution in [2.75, 3.05) is 6.61 Å². The van der Waals surface area contributed by atoms with Gasteiger partial charge in [-0.05, 0) is 30.2 Å². The summed E-state index contributed by atoms with van der Waals surface area (Å²) in [5.74, 6) is 0.872. The van der Waals surface area contributed by atoms with Crippen molar-refractivity contribution in [2.45, 2.75) is 19.4 Å². The predicted octanol–water partition coefficient (Wildman–Crippen LogP) is 2.95. The van der Waals surface area contributed by atoms with Crippen LogP contribution in [0.3, 0.4) is 0 Å². The van der Waals surface area contributed by atoms with Crippen LogP contribution < -0.4 is 5.73 Å². The Balaban J connectivity index is 2.25. The van der Waals surface area contributed by atoms with Crippen LogP contribution in [0.2, 0.25) is 5.02 Å². The van der Waals surface area contributed by atoms with E-state index in [-0.39, 0.29) is 6.04 Å². The second-order valence-electron chi connectivity index (χ2n) is 3.73. The quantitative estimate of drug-likeness (QED) is 0.837. The van der Waals surface area contributed by atoms with Crippen molar-refractivity contribution in [1.82, 2.24) is 0 Å².